The average Bonchev–Trinajstić information content (AvgIpc) is 2.88. The van der Waals surface area contributed by atoms with E-state index in [4.69, 9.17) is 0 Å². The second kappa shape index (κ2) is 15.8. The first-order valence-corrected chi connectivity index (χ1v) is 16.8. The molecule has 0 N–H and O–H groups in total. The molecule has 0 spiro atoms. The van der Waals surface area contributed by atoms with E-state index in [1.807, 2.05) is 50.2 Å². The molecule has 0 bridgehead atoms. The largest absolute Gasteiger partial charge is 2.00 e. The monoisotopic (exact) mass is 622 g/mol. The van der Waals surface area contributed by atoms with Crippen LogP contribution < -0.4 is 0 Å². The molecule has 0 saturated heterocycles. The van der Waals surface area contributed by atoms with E-state index in [-0.39, 0.29) is 47.5 Å². The molecule has 0 fully saturated rings. The van der Waals surface area contributed by atoms with Gasteiger partial charge in [0, 0.05) is 0 Å². The summed E-state index contributed by atoms with van der Waals surface area (Å²) in [5.41, 5.74) is 4.04. The van der Waals surface area contributed by atoms with Crippen LogP contribution in [0.15, 0.2) is 70.5 Å². The Hall–Kier alpha value is -1.52. The minimum absolute atomic E-state index is 0. The summed E-state index contributed by atoms with van der Waals surface area (Å²) in [5.74, 6) is 0. The Labute approximate surface area is 275 Å². The fourth-order valence-corrected chi connectivity index (χ4v) is 6.68. The molecule has 216 valence electrons. The van der Waals surface area contributed by atoms with Gasteiger partial charge in [-0.25, -0.2) is 16.8 Å². The predicted octanol–water partition coefficient (Wildman–Crippen LogP) is 6.92. The Kier molecular flexibility index (Phi) is 13.8. The van der Waals surface area contributed by atoms with Crippen molar-refractivity contribution in [2.45, 2.75) is 88.9 Å². The molecule has 0 unspecified atom stereocenters. The van der Waals surface area contributed by atoms with Gasteiger partial charge in [0.2, 0.25) is 0 Å². The molecule has 6 nitrogen and oxygen atoms in total. The SMILES string of the molecule is CCCc1cc(S(=O)(=O)[O-])c2cccc(CCC)c2c1.CCCc1cc(S(=O)(=O)[O-])c2cccc(CCC)c2c1.[Ca+2]. The van der Waals surface area contributed by atoms with Gasteiger partial charge >= 0.3 is 37.7 Å². The van der Waals surface area contributed by atoms with Crippen molar-refractivity contribution in [2.75, 3.05) is 0 Å². The summed E-state index contributed by atoms with van der Waals surface area (Å²) in [4.78, 5) is -0.173. The van der Waals surface area contributed by atoms with Crippen LogP contribution in [0.3, 0.4) is 0 Å². The minimum Gasteiger partial charge on any atom is -0.744 e. The third-order valence-electron chi connectivity index (χ3n) is 6.87. The van der Waals surface area contributed by atoms with Crippen LogP contribution in [-0.2, 0) is 45.9 Å². The molecular weight excluding hydrogens is 585 g/mol. The number of fused-ring (bicyclic) bond motifs is 2. The van der Waals surface area contributed by atoms with Gasteiger partial charge in [-0.2, -0.15) is 0 Å². The van der Waals surface area contributed by atoms with Crippen LogP contribution in [0.2, 0.25) is 0 Å². The smallest absolute Gasteiger partial charge is 0.744 e. The third-order valence-corrected chi connectivity index (χ3v) is 8.62. The van der Waals surface area contributed by atoms with Gasteiger partial charge in [-0.3, -0.25) is 0 Å². The Morgan fingerprint density at radius 3 is 1.15 bits per heavy atom. The van der Waals surface area contributed by atoms with Crippen molar-refractivity contribution in [3.63, 3.8) is 0 Å². The maximum atomic E-state index is 11.5. The van der Waals surface area contributed by atoms with Gasteiger partial charge in [-0.1, -0.05) is 102 Å². The Balaban J connectivity index is 0.000000280. The average molecular weight is 623 g/mol. The van der Waals surface area contributed by atoms with E-state index >= 15 is 0 Å². The van der Waals surface area contributed by atoms with Crippen LogP contribution in [0.4, 0.5) is 0 Å². The Morgan fingerprint density at radius 1 is 0.512 bits per heavy atom. The summed E-state index contributed by atoms with van der Waals surface area (Å²) in [7, 11) is -8.90. The number of hydrogen-bond donors (Lipinski definition) is 0. The number of benzene rings is 4. The van der Waals surface area contributed by atoms with Crippen LogP contribution in [-0.4, -0.2) is 63.7 Å². The molecule has 0 amide bonds. The standard InChI is InChI=1S/2C16H20O3S.Ca/c2*1-3-6-12-10-15-13(7-4-2)8-5-9-14(15)16(11-12)20(17,18)19;/h2*5,8-11H,3-4,6-7H2,1-2H3,(H,17,18,19);/q;;+2/p-2. The molecule has 0 aliphatic heterocycles. The first-order valence-electron chi connectivity index (χ1n) is 13.9. The van der Waals surface area contributed by atoms with Gasteiger partial charge in [0.1, 0.15) is 20.2 Å². The summed E-state index contributed by atoms with van der Waals surface area (Å²) in [6, 6.07) is 18.2. The van der Waals surface area contributed by atoms with Crippen molar-refractivity contribution in [3.8, 4) is 0 Å². The summed E-state index contributed by atoms with van der Waals surface area (Å²) in [5, 5.41) is 2.89. The minimum atomic E-state index is -4.45. The molecule has 0 heterocycles. The molecule has 41 heavy (non-hydrogen) atoms. The molecular formula is C32H38CaO6S2. The Morgan fingerprint density at radius 2 is 0.854 bits per heavy atom. The predicted molar refractivity (Wildman–Crippen MR) is 166 cm³/mol. The zero-order valence-electron chi connectivity index (χ0n) is 24.4. The van der Waals surface area contributed by atoms with E-state index in [9.17, 15) is 25.9 Å². The van der Waals surface area contributed by atoms with E-state index < -0.39 is 20.2 Å². The summed E-state index contributed by atoms with van der Waals surface area (Å²) in [6.45, 7) is 8.24. The molecule has 0 aliphatic carbocycles. The first-order chi connectivity index (χ1) is 18.9. The molecule has 0 saturated carbocycles. The van der Waals surface area contributed by atoms with Crippen LogP contribution in [0.25, 0.3) is 21.5 Å². The number of aryl methyl sites for hydroxylation is 4. The fourth-order valence-electron chi connectivity index (χ4n) is 5.20. The van der Waals surface area contributed by atoms with Crippen molar-refractivity contribution in [1.82, 2.24) is 0 Å². The van der Waals surface area contributed by atoms with Crippen molar-refractivity contribution in [3.05, 3.63) is 82.9 Å². The van der Waals surface area contributed by atoms with E-state index in [2.05, 4.69) is 13.8 Å². The zero-order valence-corrected chi connectivity index (χ0v) is 28.2. The fraction of sp³-hybridized carbons (Fsp3) is 0.375. The van der Waals surface area contributed by atoms with E-state index in [1.54, 1.807) is 12.1 Å². The second-order valence-electron chi connectivity index (χ2n) is 10.1. The molecule has 4 aromatic rings. The van der Waals surface area contributed by atoms with Crippen LogP contribution in [0.5, 0.6) is 0 Å². The molecule has 4 rings (SSSR count). The van der Waals surface area contributed by atoms with E-state index in [0.717, 1.165) is 84.4 Å². The molecule has 4 aromatic carbocycles. The van der Waals surface area contributed by atoms with Crippen molar-refractivity contribution in [2.24, 2.45) is 0 Å². The maximum absolute atomic E-state index is 11.5. The first kappa shape index (κ1) is 35.7. The van der Waals surface area contributed by atoms with Crippen molar-refractivity contribution < 1.29 is 25.9 Å². The summed E-state index contributed by atoms with van der Waals surface area (Å²) in [6.07, 6.45) is 7.11. The third kappa shape index (κ3) is 9.23. The molecule has 0 aromatic heterocycles. The van der Waals surface area contributed by atoms with E-state index in [1.165, 1.54) is 12.1 Å². The maximum Gasteiger partial charge on any atom is 2.00 e. The van der Waals surface area contributed by atoms with Crippen LogP contribution in [0.1, 0.15) is 75.6 Å². The van der Waals surface area contributed by atoms with Crippen molar-refractivity contribution in [1.29, 1.82) is 0 Å². The molecule has 0 aliphatic rings. The topological polar surface area (TPSA) is 114 Å². The van der Waals surface area contributed by atoms with Gasteiger partial charge in [0.15, 0.2) is 0 Å². The van der Waals surface area contributed by atoms with Gasteiger partial charge in [-0.05, 0) is 81.6 Å². The number of hydrogen-bond acceptors (Lipinski definition) is 6. The van der Waals surface area contributed by atoms with Gasteiger partial charge in [0.25, 0.3) is 0 Å². The molecule has 0 atom stereocenters. The van der Waals surface area contributed by atoms with E-state index in [0.29, 0.717) is 10.8 Å². The second-order valence-corrected chi connectivity index (χ2v) is 12.8. The summed E-state index contributed by atoms with van der Waals surface area (Å²) >= 11 is 0. The van der Waals surface area contributed by atoms with Gasteiger partial charge < -0.3 is 9.11 Å². The van der Waals surface area contributed by atoms with Gasteiger partial charge in [0.05, 0.1) is 9.79 Å². The van der Waals surface area contributed by atoms with Crippen LogP contribution >= 0.6 is 0 Å². The van der Waals surface area contributed by atoms with Crippen molar-refractivity contribution >= 4 is 79.5 Å². The van der Waals surface area contributed by atoms with Gasteiger partial charge in [-0.15, -0.1) is 0 Å². The normalized spacial score (nSPS) is 11.7. The summed E-state index contributed by atoms with van der Waals surface area (Å²) < 4.78 is 69.1. The molecule has 9 heteroatoms. The molecule has 0 radical (unpaired) electrons. The Bertz CT molecular complexity index is 1570. The number of rotatable bonds is 10. The van der Waals surface area contributed by atoms with Crippen LogP contribution in [0, 0.1) is 0 Å². The zero-order chi connectivity index (χ0) is 29.5. The quantitative estimate of drug-likeness (QED) is 0.140.